The molecule has 0 unspecified atom stereocenters. The Kier molecular flexibility index (Phi) is 11.9. The standard InChI is InChI=1S/C16H33N2O6Si/c1-19-11-12-24-14-13-23-10-9-18-8-7-17(16-18)6-5-15-25(20-2,21-3)22-4/h7-8,16H,5-6,9-15H2,1-4H3/q+1. The van der Waals surface area contributed by atoms with Gasteiger partial charge in [-0.1, -0.05) is 0 Å². The van der Waals surface area contributed by atoms with Crippen LogP contribution in [0, 0.1) is 0 Å². The molecule has 8 nitrogen and oxygen atoms in total. The van der Waals surface area contributed by atoms with Crippen molar-refractivity contribution in [1.29, 1.82) is 0 Å². The average molecular weight is 378 g/mol. The van der Waals surface area contributed by atoms with Crippen LogP contribution in [0.3, 0.4) is 0 Å². The molecule has 0 bridgehead atoms. The Morgan fingerprint density at radius 1 is 0.880 bits per heavy atom. The molecule has 0 aliphatic rings. The van der Waals surface area contributed by atoms with Crippen molar-refractivity contribution in [2.45, 2.75) is 25.6 Å². The summed E-state index contributed by atoms with van der Waals surface area (Å²) >= 11 is 0. The molecular formula is C16H33N2O6Si+. The Hall–Kier alpha value is -0.813. The fraction of sp³-hybridized carbons (Fsp3) is 0.812. The molecular weight excluding hydrogens is 344 g/mol. The maximum atomic E-state index is 5.56. The van der Waals surface area contributed by atoms with E-state index in [4.69, 9.17) is 27.5 Å². The molecule has 0 atom stereocenters. The minimum Gasteiger partial charge on any atom is -0.382 e. The van der Waals surface area contributed by atoms with Gasteiger partial charge in [0.2, 0.25) is 6.33 Å². The van der Waals surface area contributed by atoms with Crippen molar-refractivity contribution in [2.24, 2.45) is 0 Å². The van der Waals surface area contributed by atoms with Crippen LogP contribution in [0.2, 0.25) is 6.04 Å². The van der Waals surface area contributed by atoms with Crippen molar-refractivity contribution < 1.29 is 32.1 Å². The topological polar surface area (TPSA) is 64.2 Å². The lowest BCUT2D eigenvalue weighted by molar-refractivity contribution is -0.696. The summed E-state index contributed by atoms with van der Waals surface area (Å²) in [4.78, 5) is 0. The van der Waals surface area contributed by atoms with Crippen LogP contribution in [0.5, 0.6) is 0 Å². The minimum absolute atomic E-state index is 0.596. The van der Waals surface area contributed by atoms with E-state index in [2.05, 4.69) is 21.7 Å². The number of aryl methyl sites for hydroxylation is 1. The number of hydrogen-bond acceptors (Lipinski definition) is 6. The largest absolute Gasteiger partial charge is 0.500 e. The van der Waals surface area contributed by atoms with Crippen molar-refractivity contribution in [3.8, 4) is 0 Å². The molecule has 0 amide bonds. The van der Waals surface area contributed by atoms with Crippen LogP contribution < -0.4 is 4.57 Å². The van der Waals surface area contributed by atoms with Gasteiger partial charge in [0, 0.05) is 34.5 Å². The maximum absolute atomic E-state index is 5.56. The lowest BCUT2D eigenvalue weighted by Crippen LogP contribution is -2.43. The van der Waals surface area contributed by atoms with Gasteiger partial charge in [-0.2, -0.15) is 0 Å². The Morgan fingerprint density at radius 3 is 2.16 bits per heavy atom. The van der Waals surface area contributed by atoms with Crippen molar-refractivity contribution >= 4 is 8.80 Å². The third-order valence-corrected chi connectivity index (χ3v) is 6.71. The fourth-order valence-electron chi connectivity index (χ4n) is 2.37. The summed E-state index contributed by atoms with van der Waals surface area (Å²) in [5, 5.41) is 0. The van der Waals surface area contributed by atoms with E-state index >= 15 is 0 Å². The van der Waals surface area contributed by atoms with Crippen LogP contribution in [0.15, 0.2) is 18.7 Å². The molecule has 1 rings (SSSR count). The predicted molar refractivity (Wildman–Crippen MR) is 94.3 cm³/mol. The highest BCUT2D eigenvalue weighted by Crippen LogP contribution is 2.14. The first-order valence-electron chi connectivity index (χ1n) is 8.54. The van der Waals surface area contributed by atoms with Gasteiger partial charge < -0.3 is 27.5 Å². The summed E-state index contributed by atoms with van der Waals surface area (Å²) < 4.78 is 36.4. The van der Waals surface area contributed by atoms with Gasteiger partial charge in [0.15, 0.2) is 0 Å². The molecule has 0 aliphatic heterocycles. The third kappa shape index (κ3) is 8.91. The van der Waals surface area contributed by atoms with Crippen molar-refractivity contribution in [3.05, 3.63) is 18.7 Å². The fourth-order valence-corrected chi connectivity index (χ4v) is 4.08. The zero-order valence-corrected chi connectivity index (χ0v) is 16.9. The minimum atomic E-state index is -2.47. The molecule has 146 valence electrons. The zero-order valence-electron chi connectivity index (χ0n) is 15.9. The highest BCUT2D eigenvalue weighted by atomic mass is 28.4. The first kappa shape index (κ1) is 22.2. The lowest BCUT2D eigenvalue weighted by Gasteiger charge is -2.23. The van der Waals surface area contributed by atoms with Crippen LogP contribution >= 0.6 is 0 Å². The first-order valence-corrected chi connectivity index (χ1v) is 10.5. The van der Waals surface area contributed by atoms with Gasteiger partial charge in [-0.05, 0) is 6.42 Å². The zero-order chi connectivity index (χ0) is 18.4. The lowest BCUT2D eigenvalue weighted by atomic mass is 10.5. The van der Waals surface area contributed by atoms with E-state index in [9.17, 15) is 0 Å². The molecule has 0 saturated carbocycles. The molecule has 0 spiro atoms. The number of aromatic nitrogens is 2. The highest BCUT2D eigenvalue weighted by Gasteiger charge is 2.37. The van der Waals surface area contributed by atoms with Gasteiger partial charge in [-0.15, -0.1) is 0 Å². The number of nitrogens with zero attached hydrogens (tertiary/aromatic N) is 2. The predicted octanol–water partition coefficient (Wildman–Crippen LogP) is 0.723. The molecule has 0 N–H and O–H groups in total. The molecule has 9 heteroatoms. The van der Waals surface area contributed by atoms with Crippen LogP contribution in [0.1, 0.15) is 6.42 Å². The summed E-state index contributed by atoms with van der Waals surface area (Å²) in [5.41, 5.74) is 0. The SMILES string of the molecule is COCCOCCOCCn1cc[n+](CCC[Si](OC)(OC)OC)c1. The van der Waals surface area contributed by atoms with Gasteiger partial charge >= 0.3 is 8.80 Å². The normalized spacial score (nSPS) is 12.0. The van der Waals surface area contributed by atoms with E-state index in [0.717, 1.165) is 25.6 Å². The van der Waals surface area contributed by atoms with E-state index in [1.54, 1.807) is 28.4 Å². The number of imidazole rings is 1. The van der Waals surface area contributed by atoms with Crippen LogP contribution in [-0.4, -0.2) is 74.8 Å². The number of ether oxygens (including phenoxy) is 3. The quantitative estimate of drug-likeness (QED) is 0.240. The van der Waals surface area contributed by atoms with Crippen molar-refractivity contribution in [1.82, 2.24) is 4.57 Å². The first-order chi connectivity index (χ1) is 12.2. The average Bonchev–Trinajstić information content (AvgIpc) is 3.09. The third-order valence-electron chi connectivity index (χ3n) is 3.88. The van der Waals surface area contributed by atoms with E-state index in [0.29, 0.717) is 33.0 Å². The summed E-state index contributed by atoms with van der Waals surface area (Å²) in [6.45, 7) is 4.80. The monoisotopic (exact) mass is 377 g/mol. The Balaban J connectivity index is 2.15. The summed E-state index contributed by atoms with van der Waals surface area (Å²) in [5.74, 6) is 0. The van der Waals surface area contributed by atoms with E-state index < -0.39 is 8.80 Å². The molecule has 1 heterocycles. The van der Waals surface area contributed by atoms with Crippen LogP contribution in [0.4, 0.5) is 0 Å². The Bertz CT molecular complexity index is 434. The summed E-state index contributed by atoms with van der Waals surface area (Å²) in [7, 11) is 4.13. The molecule has 1 aromatic rings. The molecule has 25 heavy (non-hydrogen) atoms. The van der Waals surface area contributed by atoms with Crippen molar-refractivity contribution in [3.63, 3.8) is 0 Å². The van der Waals surface area contributed by atoms with E-state index in [1.807, 2.05) is 6.20 Å². The Labute approximate surface area is 151 Å². The molecule has 0 fully saturated rings. The van der Waals surface area contributed by atoms with Gasteiger partial charge in [0.1, 0.15) is 18.9 Å². The summed E-state index contributed by atoms with van der Waals surface area (Å²) in [6.07, 6.45) is 7.12. The molecule has 0 aromatic carbocycles. The van der Waals surface area contributed by atoms with Crippen LogP contribution in [-0.2, 0) is 40.6 Å². The smallest absolute Gasteiger partial charge is 0.382 e. The van der Waals surface area contributed by atoms with E-state index in [1.165, 1.54) is 0 Å². The Morgan fingerprint density at radius 2 is 1.52 bits per heavy atom. The second kappa shape index (κ2) is 13.4. The number of hydrogen-bond donors (Lipinski definition) is 0. The van der Waals surface area contributed by atoms with Gasteiger partial charge in [-0.25, -0.2) is 9.13 Å². The molecule has 1 aromatic heterocycles. The second-order valence-electron chi connectivity index (χ2n) is 5.51. The van der Waals surface area contributed by atoms with Gasteiger partial charge in [-0.3, -0.25) is 0 Å². The molecule has 0 radical (unpaired) electrons. The van der Waals surface area contributed by atoms with Crippen LogP contribution in [0.25, 0.3) is 0 Å². The molecule has 0 aliphatic carbocycles. The van der Waals surface area contributed by atoms with E-state index in [-0.39, 0.29) is 0 Å². The number of rotatable bonds is 16. The summed E-state index contributed by atoms with van der Waals surface area (Å²) in [6, 6.07) is 0.793. The maximum Gasteiger partial charge on any atom is 0.500 e. The molecule has 0 saturated heterocycles. The van der Waals surface area contributed by atoms with Crippen molar-refractivity contribution in [2.75, 3.05) is 61.5 Å². The highest BCUT2D eigenvalue weighted by molar-refractivity contribution is 6.60. The number of methoxy groups -OCH3 is 1. The second-order valence-corrected chi connectivity index (χ2v) is 8.60. The van der Waals surface area contributed by atoms with Gasteiger partial charge in [0.25, 0.3) is 0 Å². The van der Waals surface area contributed by atoms with Gasteiger partial charge in [0.05, 0.1) is 39.6 Å².